The molecule has 0 N–H and O–H groups in total. The molecule has 0 aliphatic rings. The molecule has 0 saturated carbocycles. The van der Waals surface area contributed by atoms with Gasteiger partial charge < -0.3 is 0 Å². The van der Waals surface area contributed by atoms with Crippen molar-refractivity contribution in [3.63, 3.8) is 0 Å². The van der Waals surface area contributed by atoms with Crippen LogP contribution in [-0.2, 0) is 6.18 Å². The molecule has 1 nitrogen and oxygen atoms in total. The Morgan fingerprint density at radius 1 is 1.10 bits per heavy atom. The van der Waals surface area contributed by atoms with Gasteiger partial charge in [0.1, 0.15) is 0 Å². The van der Waals surface area contributed by atoms with Gasteiger partial charge in [0.05, 0.1) is 5.56 Å². The molecular formula is C15H10ClF3O. The zero-order valence-electron chi connectivity index (χ0n) is 10.5. The lowest BCUT2D eigenvalue weighted by molar-refractivity contribution is -0.137. The van der Waals surface area contributed by atoms with Gasteiger partial charge in [0.15, 0.2) is 5.78 Å². The van der Waals surface area contributed by atoms with Gasteiger partial charge in [-0.15, -0.1) is 0 Å². The van der Waals surface area contributed by atoms with E-state index in [4.69, 9.17) is 11.6 Å². The van der Waals surface area contributed by atoms with Crippen molar-refractivity contribution in [1.82, 2.24) is 0 Å². The van der Waals surface area contributed by atoms with Gasteiger partial charge >= 0.3 is 6.18 Å². The van der Waals surface area contributed by atoms with Crippen molar-refractivity contribution in [2.75, 3.05) is 0 Å². The van der Waals surface area contributed by atoms with Crippen LogP contribution in [0.3, 0.4) is 0 Å². The maximum Gasteiger partial charge on any atom is 0.416 e. The van der Waals surface area contributed by atoms with Crippen LogP contribution < -0.4 is 0 Å². The number of hydrogen-bond acceptors (Lipinski definition) is 1. The molecule has 0 aliphatic carbocycles. The number of ketones is 1. The van der Waals surface area contributed by atoms with Gasteiger partial charge in [-0.2, -0.15) is 13.2 Å². The predicted molar refractivity (Wildman–Crippen MR) is 71.9 cm³/mol. The van der Waals surface area contributed by atoms with Crippen molar-refractivity contribution in [2.45, 2.75) is 13.1 Å². The van der Waals surface area contributed by atoms with Crippen LogP contribution in [0.2, 0.25) is 5.02 Å². The number of carbonyl (C=O) groups excluding carboxylic acids is 1. The number of Topliss-reactive ketones (excluding diaryl/α,β-unsaturated/α-hetero) is 1. The SMILES string of the molecule is CC(=O)c1cccc(-c2cc(C(F)(F)F)ccc2Cl)c1. The van der Waals surface area contributed by atoms with Crippen LogP contribution in [0.4, 0.5) is 13.2 Å². The maximum absolute atomic E-state index is 12.7. The van der Waals surface area contributed by atoms with E-state index >= 15 is 0 Å². The molecule has 2 rings (SSSR count). The number of benzene rings is 2. The zero-order chi connectivity index (χ0) is 14.9. The number of halogens is 4. The Morgan fingerprint density at radius 3 is 2.40 bits per heavy atom. The van der Waals surface area contributed by atoms with Crippen LogP contribution in [0.25, 0.3) is 11.1 Å². The molecule has 0 aromatic heterocycles. The van der Waals surface area contributed by atoms with Gasteiger partial charge in [-0.05, 0) is 36.8 Å². The van der Waals surface area contributed by atoms with E-state index < -0.39 is 11.7 Å². The average molecular weight is 299 g/mol. The largest absolute Gasteiger partial charge is 0.416 e. The van der Waals surface area contributed by atoms with E-state index in [0.29, 0.717) is 11.1 Å². The normalized spacial score (nSPS) is 11.4. The summed E-state index contributed by atoms with van der Waals surface area (Å²) in [5, 5.41) is 0.207. The Labute approximate surface area is 119 Å². The summed E-state index contributed by atoms with van der Waals surface area (Å²) in [7, 11) is 0. The molecule has 5 heteroatoms. The summed E-state index contributed by atoms with van der Waals surface area (Å²) < 4.78 is 38.2. The smallest absolute Gasteiger partial charge is 0.295 e. The van der Waals surface area contributed by atoms with Crippen LogP contribution in [0, 0.1) is 0 Å². The van der Waals surface area contributed by atoms with Crippen LogP contribution in [-0.4, -0.2) is 5.78 Å². The average Bonchev–Trinajstić information content (AvgIpc) is 2.38. The monoisotopic (exact) mass is 298 g/mol. The van der Waals surface area contributed by atoms with E-state index in [-0.39, 0.29) is 16.4 Å². The van der Waals surface area contributed by atoms with E-state index in [1.54, 1.807) is 18.2 Å². The fourth-order valence-corrected chi connectivity index (χ4v) is 2.06. The van der Waals surface area contributed by atoms with Gasteiger partial charge in [0, 0.05) is 16.1 Å². The highest BCUT2D eigenvalue weighted by Crippen LogP contribution is 2.36. The van der Waals surface area contributed by atoms with Crippen LogP contribution >= 0.6 is 11.6 Å². The van der Waals surface area contributed by atoms with Gasteiger partial charge in [-0.25, -0.2) is 0 Å². The summed E-state index contributed by atoms with van der Waals surface area (Å²) in [6.07, 6.45) is -4.43. The number of rotatable bonds is 2. The van der Waals surface area contributed by atoms with E-state index in [0.717, 1.165) is 12.1 Å². The van der Waals surface area contributed by atoms with Gasteiger partial charge in [0.25, 0.3) is 0 Å². The Balaban J connectivity index is 2.57. The van der Waals surface area contributed by atoms with Crippen LogP contribution in [0.15, 0.2) is 42.5 Å². The van der Waals surface area contributed by atoms with Crippen molar-refractivity contribution in [3.8, 4) is 11.1 Å². The minimum atomic E-state index is -4.43. The molecular weight excluding hydrogens is 289 g/mol. The molecule has 104 valence electrons. The highest BCUT2D eigenvalue weighted by molar-refractivity contribution is 6.33. The van der Waals surface area contributed by atoms with E-state index in [1.807, 2.05) is 0 Å². The lowest BCUT2D eigenvalue weighted by atomic mass is 10.00. The van der Waals surface area contributed by atoms with Crippen LogP contribution in [0.5, 0.6) is 0 Å². The molecule has 20 heavy (non-hydrogen) atoms. The minimum Gasteiger partial charge on any atom is -0.295 e. The van der Waals surface area contributed by atoms with Gasteiger partial charge in [-0.1, -0.05) is 29.8 Å². The van der Waals surface area contributed by atoms with Gasteiger partial charge in [-0.3, -0.25) is 4.79 Å². The first-order valence-electron chi connectivity index (χ1n) is 5.77. The topological polar surface area (TPSA) is 17.1 Å². The highest BCUT2D eigenvalue weighted by Gasteiger charge is 2.31. The fraction of sp³-hybridized carbons (Fsp3) is 0.133. The van der Waals surface area contributed by atoms with E-state index in [9.17, 15) is 18.0 Å². The molecule has 0 fully saturated rings. The Bertz CT molecular complexity index is 662. The molecule has 0 bridgehead atoms. The standard InChI is InChI=1S/C15H10ClF3O/c1-9(20)10-3-2-4-11(7-10)13-8-12(15(17,18)19)5-6-14(13)16/h2-8H,1H3. The molecule has 0 radical (unpaired) electrons. The summed E-state index contributed by atoms with van der Waals surface area (Å²) in [5.41, 5.74) is 0.388. The highest BCUT2D eigenvalue weighted by atomic mass is 35.5. The quantitative estimate of drug-likeness (QED) is 0.694. The summed E-state index contributed by atoms with van der Waals surface area (Å²) in [4.78, 5) is 11.3. The third-order valence-corrected chi connectivity index (χ3v) is 3.20. The molecule has 0 saturated heterocycles. The maximum atomic E-state index is 12.7. The van der Waals surface area contributed by atoms with E-state index in [1.165, 1.54) is 19.1 Å². The Hall–Kier alpha value is -1.81. The van der Waals surface area contributed by atoms with Crippen molar-refractivity contribution in [2.24, 2.45) is 0 Å². The van der Waals surface area contributed by atoms with Crippen LogP contribution in [0.1, 0.15) is 22.8 Å². The molecule has 0 spiro atoms. The number of hydrogen-bond donors (Lipinski definition) is 0. The molecule has 0 heterocycles. The third kappa shape index (κ3) is 3.02. The lowest BCUT2D eigenvalue weighted by Crippen LogP contribution is -2.04. The first-order chi connectivity index (χ1) is 9.29. The van der Waals surface area contributed by atoms with E-state index in [2.05, 4.69) is 0 Å². The second-order valence-corrected chi connectivity index (χ2v) is 4.74. The summed E-state index contributed by atoms with van der Waals surface area (Å²) in [6, 6.07) is 9.50. The Kier molecular flexibility index (Phi) is 3.86. The van der Waals surface area contributed by atoms with Crippen molar-refractivity contribution < 1.29 is 18.0 Å². The predicted octanol–water partition coefficient (Wildman–Crippen LogP) is 5.23. The zero-order valence-corrected chi connectivity index (χ0v) is 11.2. The Morgan fingerprint density at radius 2 is 1.80 bits per heavy atom. The van der Waals surface area contributed by atoms with Crippen molar-refractivity contribution in [3.05, 3.63) is 58.6 Å². The first kappa shape index (κ1) is 14.6. The minimum absolute atomic E-state index is 0.157. The van der Waals surface area contributed by atoms with Crippen molar-refractivity contribution in [1.29, 1.82) is 0 Å². The second-order valence-electron chi connectivity index (χ2n) is 4.33. The number of carbonyl (C=O) groups is 1. The molecule has 0 atom stereocenters. The molecule has 0 aliphatic heterocycles. The summed E-state index contributed by atoms with van der Waals surface area (Å²) >= 11 is 5.96. The van der Waals surface area contributed by atoms with Gasteiger partial charge in [0.2, 0.25) is 0 Å². The molecule has 0 amide bonds. The van der Waals surface area contributed by atoms with Crippen molar-refractivity contribution >= 4 is 17.4 Å². The first-order valence-corrected chi connectivity index (χ1v) is 6.15. The molecule has 2 aromatic rings. The second kappa shape index (κ2) is 5.29. The molecule has 2 aromatic carbocycles. The molecule has 0 unspecified atom stereocenters. The fourth-order valence-electron chi connectivity index (χ4n) is 1.83. The third-order valence-electron chi connectivity index (χ3n) is 2.87. The number of alkyl halides is 3. The summed E-state index contributed by atoms with van der Waals surface area (Å²) in [6.45, 7) is 1.40. The summed E-state index contributed by atoms with van der Waals surface area (Å²) in [5.74, 6) is -0.157. The lowest BCUT2D eigenvalue weighted by Gasteiger charge is -2.11.